The van der Waals surface area contributed by atoms with Gasteiger partial charge in [0.15, 0.2) is 23.2 Å². The van der Waals surface area contributed by atoms with Crippen LogP contribution in [-0.4, -0.2) is 38.5 Å². The Bertz CT molecular complexity index is 206. The van der Waals surface area contributed by atoms with Gasteiger partial charge < -0.3 is 9.47 Å². The number of nitrogens with zero attached hydrogens (tertiary/aromatic N) is 2. The monoisotopic (exact) mass is 172 g/mol. The molecular formula is C6H8N2O4+2. The molecule has 2 aliphatic rings. The standard InChI is InChI=1S/C6H8N2O4/c9-5-7(1-3-11-5)8-2-4-12-6(8)10/h1-4H2/q+2. The molecule has 0 aromatic heterocycles. The maximum Gasteiger partial charge on any atom is 0.629 e. The van der Waals surface area contributed by atoms with Gasteiger partial charge in [-0.1, -0.05) is 0 Å². The average Bonchev–Trinajstić information content (AvgIpc) is 2.59. The van der Waals surface area contributed by atoms with E-state index >= 15 is 0 Å². The van der Waals surface area contributed by atoms with E-state index in [-0.39, 0.29) is 0 Å². The first-order valence-electron chi connectivity index (χ1n) is 3.67. The summed E-state index contributed by atoms with van der Waals surface area (Å²) in [4.78, 5) is 21.9. The predicted octanol–water partition coefficient (Wildman–Crippen LogP) is -0.518. The van der Waals surface area contributed by atoms with Gasteiger partial charge in [-0.3, -0.25) is 0 Å². The van der Waals surface area contributed by atoms with Gasteiger partial charge in [0, 0.05) is 0 Å². The summed E-state index contributed by atoms with van der Waals surface area (Å²) in [5, 5.41) is 2.52. The SMILES string of the molecule is O=C1OCC[N+]1[N+]1CCOC1=O. The van der Waals surface area contributed by atoms with Crippen LogP contribution in [0.25, 0.3) is 0 Å². The third-order valence-electron chi connectivity index (χ3n) is 1.77. The summed E-state index contributed by atoms with van der Waals surface area (Å²) in [7, 11) is 0. The number of ether oxygens (including phenoxy) is 2. The highest BCUT2D eigenvalue weighted by atomic mass is 16.6. The van der Waals surface area contributed by atoms with Crippen LogP contribution in [0, 0.1) is 0 Å². The van der Waals surface area contributed by atoms with E-state index in [0.717, 1.165) is 0 Å². The quantitative estimate of drug-likeness (QED) is 0.499. The second-order valence-corrected chi connectivity index (χ2v) is 2.48. The van der Waals surface area contributed by atoms with Crippen LogP contribution in [-0.2, 0) is 9.47 Å². The molecule has 0 bridgehead atoms. The first-order chi connectivity index (χ1) is 5.79. The maximum absolute atomic E-state index is 11.0. The molecule has 0 atom stereocenters. The first kappa shape index (κ1) is 7.51. The van der Waals surface area contributed by atoms with E-state index in [2.05, 4.69) is 9.47 Å². The second-order valence-electron chi connectivity index (χ2n) is 2.48. The third-order valence-corrected chi connectivity index (χ3v) is 1.77. The smallest absolute Gasteiger partial charge is 0.406 e. The summed E-state index contributed by atoms with van der Waals surface area (Å²) in [6, 6.07) is 0. The van der Waals surface area contributed by atoms with Gasteiger partial charge in [0.25, 0.3) is 0 Å². The molecule has 2 heterocycles. The molecule has 6 nitrogen and oxygen atoms in total. The van der Waals surface area contributed by atoms with E-state index < -0.39 is 12.2 Å². The fraction of sp³-hybridized carbons (Fsp3) is 0.667. The average molecular weight is 172 g/mol. The molecule has 12 heavy (non-hydrogen) atoms. The third kappa shape index (κ3) is 1.05. The Balaban J connectivity index is 2.08. The minimum absolute atomic E-state index is 0.336. The molecule has 64 valence electrons. The number of cyclic esters (lactones) is 2. The lowest BCUT2D eigenvalue weighted by Crippen LogP contribution is -2.53. The van der Waals surface area contributed by atoms with Crippen molar-refractivity contribution in [2.45, 2.75) is 0 Å². The summed E-state index contributed by atoms with van der Waals surface area (Å²) in [5.41, 5.74) is 0. The van der Waals surface area contributed by atoms with Gasteiger partial charge in [0.2, 0.25) is 13.1 Å². The molecule has 0 saturated carbocycles. The van der Waals surface area contributed by atoms with Crippen molar-refractivity contribution in [3.05, 3.63) is 0 Å². The summed E-state index contributed by atoms with van der Waals surface area (Å²) in [6.07, 6.45) is -0.956. The van der Waals surface area contributed by atoms with Crippen molar-refractivity contribution in [1.82, 2.24) is 10.0 Å². The minimum Gasteiger partial charge on any atom is -0.406 e. The van der Waals surface area contributed by atoms with E-state index in [1.807, 2.05) is 0 Å². The molecule has 2 radical (unpaired) electrons. The normalized spacial score (nSPS) is 26.0. The Kier molecular flexibility index (Phi) is 1.70. The molecule has 2 amide bonds. The number of hydrogen-bond acceptors (Lipinski definition) is 4. The van der Waals surface area contributed by atoms with Crippen molar-refractivity contribution in [3.63, 3.8) is 0 Å². The topological polar surface area (TPSA) is 64.4 Å². The van der Waals surface area contributed by atoms with Crippen LogP contribution < -0.4 is 10.0 Å². The Morgan fingerprint density at radius 1 is 0.917 bits per heavy atom. The van der Waals surface area contributed by atoms with Crippen LogP contribution in [0.2, 0.25) is 0 Å². The van der Waals surface area contributed by atoms with Crippen LogP contribution in [0.1, 0.15) is 0 Å². The second kappa shape index (κ2) is 2.72. The number of carbonyl (C=O) groups is 2. The number of rotatable bonds is 1. The summed E-state index contributed by atoms with van der Waals surface area (Å²) in [5.74, 6) is 0. The Labute approximate surface area is 68.6 Å². The Morgan fingerprint density at radius 3 is 1.58 bits per heavy atom. The lowest BCUT2D eigenvalue weighted by Gasteiger charge is -1.91. The molecule has 0 spiro atoms. The summed E-state index contributed by atoms with van der Waals surface area (Å²) >= 11 is 0. The molecule has 0 aromatic rings. The molecule has 0 aromatic carbocycles. The van der Waals surface area contributed by atoms with Gasteiger partial charge in [0.05, 0.1) is 0 Å². The van der Waals surface area contributed by atoms with Crippen molar-refractivity contribution >= 4 is 12.2 Å². The van der Waals surface area contributed by atoms with Crippen LogP contribution >= 0.6 is 0 Å². The number of hydrazine groups is 1. The van der Waals surface area contributed by atoms with E-state index in [9.17, 15) is 9.59 Å². The molecule has 0 unspecified atom stereocenters. The van der Waals surface area contributed by atoms with Crippen LogP contribution in [0.15, 0.2) is 0 Å². The van der Waals surface area contributed by atoms with E-state index in [1.165, 1.54) is 10.0 Å². The lowest BCUT2D eigenvalue weighted by atomic mass is 10.6. The highest BCUT2D eigenvalue weighted by Crippen LogP contribution is 2.07. The summed E-state index contributed by atoms with van der Waals surface area (Å²) in [6.45, 7) is 1.52. The van der Waals surface area contributed by atoms with Gasteiger partial charge in [-0.2, -0.15) is 9.59 Å². The largest absolute Gasteiger partial charge is 0.629 e. The molecule has 0 N–H and O–H groups in total. The first-order valence-corrected chi connectivity index (χ1v) is 3.67. The minimum atomic E-state index is -0.478. The molecule has 2 saturated heterocycles. The van der Waals surface area contributed by atoms with Crippen molar-refractivity contribution in [2.24, 2.45) is 0 Å². The van der Waals surface area contributed by atoms with Crippen LogP contribution in [0.3, 0.4) is 0 Å². The molecular weight excluding hydrogens is 164 g/mol. The van der Waals surface area contributed by atoms with Crippen molar-refractivity contribution in [3.8, 4) is 0 Å². The zero-order valence-corrected chi connectivity index (χ0v) is 6.36. The number of amides is 2. The Morgan fingerprint density at radius 2 is 1.33 bits per heavy atom. The zero-order valence-electron chi connectivity index (χ0n) is 6.36. The molecule has 2 aliphatic heterocycles. The number of hydrogen-bond donors (Lipinski definition) is 0. The highest BCUT2D eigenvalue weighted by molar-refractivity contribution is 5.80. The predicted molar refractivity (Wildman–Crippen MR) is 36.7 cm³/mol. The number of carbonyl (C=O) groups excluding carboxylic acids is 2. The molecule has 6 heteroatoms. The Hall–Kier alpha value is -1.14. The molecule has 0 aliphatic carbocycles. The van der Waals surface area contributed by atoms with Crippen LogP contribution in [0.5, 0.6) is 0 Å². The van der Waals surface area contributed by atoms with E-state index in [0.29, 0.717) is 26.3 Å². The van der Waals surface area contributed by atoms with Gasteiger partial charge in [0.1, 0.15) is 0 Å². The van der Waals surface area contributed by atoms with Gasteiger partial charge >= 0.3 is 12.2 Å². The fourth-order valence-electron chi connectivity index (χ4n) is 1.21. The van der Waals surface area contributed by atoms with Crippen molar-refractivity contribution < 1.29 is 19.1 Å². The van der Waals surface area contributed by atoms with E-state index in [1.54, 1.807) is 0 Å². The zero-order chi connectivity index (χ0) is 8.55. The molecule has 2 fully saturated rings. The van der Waals surface area contributed by atoms with Gasteiger partial charge in [-0.15, -0.1) is 0 Å². The van der Waals surface area contributed by atoms with Crippen LogP contribution in [0.4, 0.5) is 9.59 Å². The van der Waals surface area contributed by atoms with Crippen molar-refractivity contribution in [2.75, 3.05) is 26.3 Å². The fourth-order valence-corrected chi connectivity index (χ4v) is 1.21. The van der Waals surface area contributed by atoms with E-state index in [4.69, 9.17) is 0 Å². The van der Waals surface area contributed by atoms with Gasteiger partial charge in [-0.05, 0) is 0 Å². The summed E-state index contributed by atoms with van der Waals surface area (Å²) < 4.78 is 9.33. The highest BCUT2D eigenvalue weighted by Gasteiger charge is 2.59. The van der Waals surface area contributed by atoms with Gasteiger partial charge in [-0.25, -0.2) is 0 Å². The van der Waals surface area contributed by atoms with Crippen molar-refractivity contribution in [1.29, 1.82) is 0 Å². The molecule has 2 rings (SSSR count). The maximum atomic E-state index is 11.0. The lowest BCUT2D eigenvalue weighted by molar-refractivity contribution is 0.138.